The Balaban J connectivity index is 1.71. The van der Waals surface area contributed by atoms with Crippen molar-refractivity contribution in [2.75, 3.05) is 6.54 Å². The van der Waals surface area contributed by atoms with Gasteiger partial charge in [-0.25, -0.2) is 5.84 Å². The number of rotatable bonds is 3. The number of nitrogens with one attached hydrogen (secondary N) is 1. The Bertz CT molecular complexity index is 460. The fraction of sp³-hybridized carbons (Fsp3) is 0.500. The van der Waals surface area contributed by atoms with Crippen molar-refractivity contribution in [3.63, 3.8) is 0 Å². The zero-order valence-electron chi connectivity index (χ0n) is 10.4. The number of nitrogen functional groups attached to an aromatic ring is 1. The molecule has 1 aromatic carbocycles. The van der Waals surface area contributed by atoms with Gasteiger partial charge in [-0.3, -0.25) is 15.1 Å². The number of hydrogen-bond donors (Lipinski definition) is 2. The second-order valence-electron chi connectivity index (χ2n) is 5.44. The summed E-state index contributed by atoms with van der Waals surface area (Å²) >= 11 is 0. The monoisotopic (exact) mass is 245 g/mol. The highest BCUT2D eigenvalue weighted by Gasteiger charge is 2.37. The smallest absolute Gasteiger partial charge is 0.265 e. The van der Waals surface area contributed by atoms with Crippen molar-refractivity contribution in [2.45, 2.75) is 31.8 Å². The average Bonchev–Trinajstić information content (AvgIpc) is 3.00. The zero-order chi connectivity index (χ0) is 12.5. The highest BCUT2D eigenvalue weighted by atomic mass is 16.2. The molecule has 3 rings (SSSR count). The number of piperidine rings is 1. The molecule has 0 aromatic heterocycles. The molecule has 1 aliphatic heterocycles. The van der Waals surface area contributed by atoms with Crippen molar-refractivity contribution in [2.24, 2.45) is 11.8 Å². The van der Waals surface area contributed by atoms with Gasteiger partial charge in [0.25, 0.3) is 5.91 Å². The van der Waals surface area contributed by atoms with Crippen LogP contribution in [0.2, 0.25) is 0 Å². The number of nitrogens with zero attached hydrogens (tertiary/aromatic N) is 1. The molecule has 1 saturated heterocycles. The van der Waals surface area contributed by atoms with Crippen molar-refractivity contribution < 1.29 is 4.79 Å². The van der Waals surface area contributed by atoms with Gasteiger partial charge in [0.1, 0.15) is 0 Å². The fourth-order valence-electron chi connectivity index (χ4n) is 3.35. The number of benzene rings is 1. The summed E-state index contributed by atoms with van der Waals surface area (Å²) in [5.74, 6) is 5.84. The quantitative estimate of drug-likeness (QED) is 0.479. The first kappa shape index (κ1) is 11.7. The minimum absolute atomic E-state index is 0.222. The highest BCUT2D eigenvalue weighted by Crippen LogP contribution is 2.38. The van der Waals surface area contributed by atoms with E-state index in [0.29, 0.717) is 5.56 Å². The van der Waals surface area contributed by atoms with Crippen molar-refractivity contribution in [1.82, 2.24) is 10.3 Å². The molecular formula is C14H19N3O. The Morgan fingerprint density at radius 2 is 2.33 bits per heavy atom. The minimum Gasteiger partial charge on any atom is -0.296 e. The molecule has 1 aliphatic carbocycles. The van der Waals surface area contributed by atoms with E-state index >= 15 is 0 Å². The van der Waals surface area contributed by atoms with Gasteiger partial charge < -0.3 is 0 Å². The first-order chi connectivity index (χ1) is 8.76. The van der Waals surface area contributed by atoms with Crippen molar-refractivity contribution >= 4 is 5.91 Å². The van der Waals surface area contributed by atoms with E-state index in [1.54, 1.807) is 6.07 Å². The van der Waals surface area contributed by atoms with Crippen molar-refractivity contribution in [3.8, 4) is 0 Å². The van der Waals surface area contributed by atoms with Crippen LogP contribution in [0.3, 0.4) is 0 Å². The van der Waals surface area contributed by atoms with E-state index < -0.39 is 0 Å². The molecule has 4 heteroatoms. The predicted molar refractivity (Wildman–Crippen MR) is 69.6 cm³/mol. The maximum Gasteiger partial charge on any atom is 0.265 e. The van der Waals surface area contributed by atoms with Crippen LogP contribution >= 0.6 is 0 Å². The van der Waals surface area contributed by atoms with Crippen molar-refractivity contribution in [1.29, 1.82) is 0 Å². The summed E-state index contributed by atoms with van der Waals surface area (Å²) in [5.41, 5.74) is 4.01. The zero-order valence-corrected chi connectivity index (χ0v) is 10.4. The summed E-state index contributed by atoms with van der Waals surface area (Å²) in [6.07, 6.45) is 4.10. The number of nitrogens with two attached hydrogens (primary N) is 1. The molecule has 2 atom stereocenters. The standard InChI is InChI=1S/C14H19N3O/c15-16-14(18)12-3-1-2-10(6-12)8-17-9-11-4-5-13(17)7-11/h1-3,6,11,13H,4-5,7-9,15H2,(H,16,18). The first-order valence-corrected chi connectivity index (χ1v) is 6.60. The molecule has 2 unspecified atom stereocenters. The lowest BCUT2D eigenvalue weighted by atomic mass is 10.1. The molecule has 4 nitrogen and oxygen atoms in total. The van der Waals surface area contributed by atoms with Gasteiger partial charge in [-0.1, -0.05) is 12.1 Å². The Labute approximate surface area is 107 Å². The number of hydrogen-bond acceptors (Lipinski definition) is 3. The van der Waals surface area contributed by atoms with Gasteiger partial charge in [0.05, 0.1) is 0 Å². The summed E-state index contributed by atoms with van der Waals surface area (Å²) in [7, 11) is 0. The minimum atomic E-state index is -0.222. The number of fused-ring (bicyclic) bond motifs is 2. The van der Waals surface area contributed by atoms with Crippen LogP contribution in [0.5, 0.6) is 0 Å². The third kappa shape index (κ3) is 2.13. The number of hydrazine groups is 1. The largest absolute Gasteiger partial charge is 0.296 e. The molecule has 1 aromatic rings. The van der Waals surface area contributed by atoms with Crippen LogP contribution in [0.4, 0.5) is 0 Å². The van der Waals surface area contributed by atoms with Gasteiger partial charge in [0.2, 0.25) is 0 Å². The Hall–Kier alpha value is -1.39. The molecular weight excluding hydrogens is 226 g/mol. The van der Waals surface area contributed by atoms with E-state index in [0.717, 1.165) is 18.5 Å². The highest BCUT2D eigenvalue weighted by molar-refractivity contribution is 5.93. The Kier molecular flexibility index (Phi) is 3.06. The second-order valence-corrected chi connectivity index (χ2v) is 5.44. The normalized spacial score (nSPS) is 26.5. The maximum atomic E-state index is 11.5. The molecule has 3 N–H and O–H groups in total. The Morgan fingerprint density at radius 1 is 1.44 bits per heavy atom. The lowest BCUT2D eigenvalue weighted by Gasteiger charge is -2.26. The van der Waals surface area contributed by atoms with Crippen LogP contribution in [0.25, 0.3) is 0 Å². The van der Waals surface area contributed by atoms with E-state index in [9.17, 15) is 4.79 Å². The first-order valence-electron chi connectivity index (χ1n) is 6.60. The third-order valence-corrected chi connectivity index (χ3v) is 4.23. The predicted octanol–water partition coefficient (Wildman–Crippen LogP) is 1.27. The van der Waals surface area contributed by atoms with Crippen LogP contribution in [0.15, 0.2) is 24.3 Å². The van der Waals surface area contributed by atoms with Crippen LogP contribution in [-0.2, 0) is 6.54 Å². The number of carbonyl (C=O) groups is 1. The van der Waals surface area contributed by atoms with Crippen LogP contribution in [-0.4, -0.2) is 23.4 Å². The molecule has 18 heavy (non-hydrogen) atoms. The van der Waals surface area contributed by atoms with Gasteiger partial charge in [-0.2, -0.15) is 0 Å². The summed E-state index contributed by atoms with van der Waals surface area (Å²) < 4.78 is 0. The summed E-state index contributed by atoms with van der Waals surface area (Å²) in [6.45, 7) is 2.17. The average molecular weight is 245 g/mol. The molecule has 0 radical (unpaired) electrons. The van der Waals surface area contributed by atoms with Gasteiger partial charge in [-0.05, 0) is 42.9 Å². The SMILES string of the molecule is NNC(=O)c1cccc(CN2CC3CCC2C3)c1. The topological polar surface area (TPSA) is 58.4 Å². The molecule has 0 spiro atoms. The summed E-state index contributed by atoms with van der Waals surface area (Å²) in [6, 6.07) is 8.51. The van der Waals surface area contributed by atoms with Crippen LogP contribution in [0.1, 0.15) is 35.2 Å². The number of carbonyl (C=O) groups excluding carboxylic acids is 1. The molecule has 2 aliphatic rings. The number of amides is 1. The van der Waals surface area contributed by atoms with E-state index in [1.807, 2.05) is 12.1 Å². The van der Waals surface area contributed by atoms with E-state index in [-0.39, 0.29) is 5.91 Å². The second kappa shape index (κ2) is 4.71. The van der Waals surface area contributed by atoms with Gasteiger partial charge in [0, 0.05) is 24.7 Å². The Morgan fingerprint density at radius 3 is 3.00 bits per heavy atom. The molecule has 1 heterocycles. The summed E-state index contributed by atoms with van der Waals surface area (Å²) in [4.78, 5) is 14.0. The summed E-state index contributed by atoms with van der Waals surface area (Å²) in [5, 5.41) is 0. The number of likely N-dealkylation sites (tertiary alicyclic amines) is 1. The van der Waals surface area contributed by atoms with Gasteiger partial charge >= 0.3 is 0 Å². The fourth-order valence-corrected chi connectivity index (χ4v) is 3.35. The van der Waals surface area contributed by atoms with E-state index in [1.165, 1.54) is 31.4 Å². The molecule has 1 amide bonds. The molecule has 96 valence electrons. The van der Waals surface area contributed by atoms with Gasteiger partial charge in [-0.15, -0.1) is 0 Å². The molecule has 2 bridgehead atoms. The van der Waals surface area contributed by atoms with E-state index in [2.05, 4.69) is 16.4 Å². The van der Waals surface area contributed by atoms with Crippen LogP contribution in [0, 0.1) is 5.92 Å². The van der Waals surface area contributed by atoms with Gasteiger partial charge in [0.15, 0.2) is 0 Å². The third-order valence-electron chi connectivity index (χ3n) is 4.23. The molecule has 2 fully saturated rings. The molecule has 1 saturated carbocycles. The lowest BCUT2D eigenvalue weighted by Crippen LogP contribution is -2.32. The lowest BCUT2D eigenvalue weighted by molar-refractivity contribution is 0.0953. The van der Waals surface area contributed by atoms with Crippen molar-refractivity contribution in [3.05, 3.63) is 35.4 Å². The van der Waals surface area contributed by atoms with Crippen LogP contribution < -0.4 is 11.3 Å². The van der Waals surface area contributed by atoms with E-state index in [4.69, 9.17) is 5.84 Å². The maximum absolute atomic E-state index is 11.5.